The highest BCUT2D eigenvalue weighted by Crippen LogP contribution is 2.56. The van der Waals surface area contributed by atoms with Crippen molar-refractivity contribution in [3.05, 3.63) is 209 Å². The molecule has 0 fully saturated rings. The first-order chi connectivity index (χ1) is 22.7. The molecule has 0 aromatic heterocycles. The SMILES string of the molecule is C[Si]1(/C=C/c2c3ccccc3cc3ccccc23)C(c2ccccc2)=C(c2ccccc2)C(c2ccccc2)=C1c1ccccc1. The van der Waals surface area contributed by atoms with Gasteiger partial charge in [-0.25, -0.2) is 0 Å². The van der Waals surface area contributed by atoms with Gasteiger partial charge in [0.1, 0.15) is 8.07 Å². The third-order valence-electron chi connectivity index (χ3n) is 9.43. The average molecular weight is 603 g/mol. The van der Waals surface area contributed by atoms with Gasteiger partial charge in [-0.3, -0.25) is 0 Å². The molecule has 0 saturated heterocycles. The van der Waals surface area contributed by atoms with Crippen molar-refractivity contribution in [2.24, 2.45) is 0 Å². The van der Waals surface area contributed by atoms with Crippen LogP contribution in [-0.2, 0) is 0 Å². The van der Waals surface area contributed by atoms with Gasteiger partial charge in [-0.1, -0.05) is 188 Å². The molecule has 0 unspecified atom stereocenters. The van der Waals surface area contributed by atoms with Crippen molar-refractivity contribution in [2.75, 3.05) is 0 Å². The lowest BCUT2D eigenvalue weighted by Crippen LogP contribution is -2.31. The summed E-state index contributed by atoms with van der Waals surface area (Å²) in [5, 5.41) is 8.03. The third kappa shape index (κ3) is 4.77. The number of benzene rings is 7. The number of fused-ring (bicyclic) bond motifs is 2. The summed E-state index contributed by atoms with van der Waals surface area (Å²) in [5.74, 6) is 0. The molecule has 8 rings (SSSR count). The maximum Gasteiger partial charge on any atom is 0.141 e. The topological polar surface area (TPSA) is 0 Å². The molecule has 7 aromatic carbocycles. The highest BCUT2D eigenvalue weighted by Gasteiger charge is 2.45. The highest BCUT2D eigenvalue weighted by atomic mass is 28.3. The van der Waals surface area contributed by atoms with Gasteiger partial charge in [0.2, 0.25) is 0 Å². The number of hydrogen-bond acceptors (Lipinski definition) is 0. The van der Waals surface area contributed by atoms with E-state index in [1.807, 2.05) is 0 Å². The maximum atomic E-state index is 2.62. The van der Waals surface area contributed by atoms with Crippen LogP contribution in [0.4, 0.5) is 0 Å². The smallest absolute Gasteiger partial charge is 0.0853 e. The van der Waals surface area contributed by atoms with Crippen molar-refractivity contribution >= 4 is 57.2 Å². The molecular formula is C45H34Si. The fourth-order valence-electron chi connectivity index (χ4n) is 7.42. The van der Waals surface area contributed by atoms with Crippen LogP contribution in [0.3, 0.4) is 0 Å². The molecule has 0 nitrogen and oxygen atoms in total. The second-order valence-electron chi connectivity index (χ2n) is 12.2. The Kier molecular flexibility index (Phi) is 7.17. The predicted molar refractivity (Wildman–Crippen MR) is 202 cm³/mol. The molecule has 0 aliphatic carbocycles. The Balaban J connectivity index is 1.50. The number of hydrogen-bond donors (Lipinski definition) is 0. The lowest BCUT2D eigenvalue weighted by molar-refractivity contribution is 1.58. The molecule has 218 valence electrons. The summed E-state index contributed by atoms with van der Waals surface area (Å²) >= 11 is 0. The predicted octanol–water partition coefficient (Wildman–Crippen LogP) is 11.9. The summed E-state index contributed by atoms with van der Waals surface area (Å²) in [4.78, 5) is 0. The van der Waals surface area contributed by atoms with Crippen LogP contribution < -0.4 is 0 Å². The number of allylic oxidation sites excluding steroid dienone is 2. The van der Waals surface area contributed by atoms with Crippen LogP contribution >= 0.6 is 0 Å². The second kappa shape index (κ2) is 11.8. The molecule has 1 aliphatic rings. The van der Waals surface area contributed by atoms with Crippen LogP contribution in [0.1, 0.15) is 27.8 Å². The Morgan fingerprint density at radius 3 is 1.15 bits per heavy atom. The summed E-state index contributed by atoms with van der Waals surface area (Å²) in [6.07, 6.45) is 2.46. The monoisotopic (exact) mass is 602 g/mol. The van der Waals surface area contributed by atoms with Crippen molar-refractivity contribution in [3.63, 3.8) is 0 Å². The van der Waals surface area contributed by atoms with E-state index in [4.69, 9.17) is 0 Å². The third-order valence-corrected chi connectivity index (χ3v) is 13.4. The van der Waals surface area contributed by atoms with Crippen molar-refractivity contribution in [3.8, 4) is 0 Å². The standard InChI is InChI=1S/C45H34Si/c1-46(31-30-41-39-28-16-14-26-37(39)32-38-27-15-17-29-40(38)41)44(35-22-10-4-11-23-35)42(33-18-6-2-7-19-33)43(34-20-8-3-9-21-34)45(46)36-24-12-5-13-25-36/h2-32H,1H3/b31-30+. The summed E-state index contributed by atoms with van der Waals surface area (Å²) in [6, 6.07) is 64.2. The molecule has 7 aromatic rings. The molecule has 1 aliphatic heterocycles. The summed E-state index contributed by atoms with van der Waals surface area (Å²) < 4.78 is 0. The van der Waals surface area contributed by atoms with Crippen molar-refractivity contribution in [2.45, 2.75) is 6.55 Å². The van der Waals surface area contributed by atoms with E-state index in [0.29, 0.717) is 0 Å². The first-order valence-corrected chi connectivity index (χ1v) is 18.6. The van der Waals surface area contributed by atoms with E-state index in [2.05, 4.69) is 194 Å². The van der Waals surface area contributed by atoms with Crippen molar-refractivity contribution in [1.29, 1.82) is 0 Å². The van der Waals surface area contributed by atoms with Gasteiger partial charge in [-0.05, 0) is 77.0 Å². The lowest BCUT2D eigenvalue weighted by Gasteiger charge is -2.28. The zero-order valence-corrected chi connectivity index (χ0v) is 26.9. The minimum absolute atomic E-state index is 1.26. The summed E-state index contributed by atoms with van der Waals surface area (Å²) in [6.45, 7) is 2.56. The molecule has 46 heavy (non-hydrogen) atoms. The van der Waals surface area contributed by atoms with E-state index < -0.39 is 8.07 Å². The van der Waals surface area contributed by atoms with Crippen LogP contribution in [0.25, 0.3) is 49.2 Å². The molecule has 0 amide bonds. The van der Waals surface area contributed by atoms with Gasteiger partial charge in [0.15, 0.2) is 0 Å². The molecular weight excluding hydrogens is 569 g/mol. The van der Waals surface area contributed by atoms with Crippen molar-refractivity contribution < 1.29 is 0 Å². The van der Waals surface area contributed by atoms with Crippen LogP contribution in [0.15, 0.2) is 182 Å². The molecule has 1 heterocycles. The van der Waals surface area contributed by atoms with Gasteiger partial charge in [0.25, 0.3) is 0 Å². The van der Waals surface area contributed by atoms with E-state index in [1.165, 1.54) is 70.9 Å². The zero-order valence-electron chi connectivity index (χ0n) is 25.9. The van der Waals surface area contributed by atoms with Crippen LogP contribution in [0, 0.1) is 0 Å². The minimum atomic E-state index is -2.60. The van der Waals surface area contributed by atoms with Crippen LogP contribution in [0.5, 0.6) is 0 Å². The van der Waals surface area contributed by atoms with E-state index in [0.717, 1.165) is 0 Å². The maximum absolute atomic E-state index is 2.62. The van der Waals surface area contributed by atoms with Gasteiger partial charge in [0.05, 0.1) is 0 Å². The Morgan fingerprint density at radius 1 is 0.391 bits per heavy atom. The van der Waals surface area contributed by atoms with E-state index in [9.17, 15) is 0 Å². The minimum Gasteiger partial charge on any atom is -0.0853 e. The molecule has 1 heteroatoms. The Morgan fingerprint density at radius 2 is 0.739 bits per heavy atom. The lowest BCUT2D eigenvalue weighted by atomic mass is 9.89. The molecule has 0 radical (unpaired) electrons. The summed E-state index contributed by atoms with van der Waals surface area (Å²) in [5.41, 5.74) is 11.7. The quantitative estimate of drug-likeness (QED) is 0.131. The molecule has 0 bridgehead atoms. The molecule has 0 N–H and O–H groups in total. The van der Waals surface area contributed by atoms with Crippen molar-refractivity contribution in [1.82, 2.24) is 0 Å². The van der Waals surface area contributed by atoms with Gasteiger partial charge in [0, 0.05) is 0 Å². The highest BCUT2D eigenvalue weighted by molar-refractivity contribution is 7.17. The van der Waals surface area contributed by atoms with Gasteiger partial charge < -0.3 is 0 Å². The number of rotatable bonds is 6. The van der Waals surface area contributed by atoms with Gasteiger partial charge >= 0.3 is 0 Å². The Labute approximate surface area is 272 Å². The zero-order chi connectivity index (χ0) is 30.9. The average Bonchev–Trinajstić information content (AvgIpc) is 3.40. The van der Waals surface area contributed by atoms with Gasteiger partial charge in [-0.15, -0.1) is 0 Å². The molecule has 0 atom stereocenters. The Bertz CT molecular complexity index is 2120. The summed E-state index contributed by atoms with van der Waals surface area (Å²) in [7, 11) is -2.60. The first kappa shape index (κ1) is 28.0. The van der Waals surface area contributed by atoms with E-state index in [1.54, 1.807) is 0 Å². The fourth-order valence-corrected chi connectivity index (χ4v) is 11.6. The second-order valence-corrected chi connectivity index (χ2v) is 16.0. The van der Waals surface area contributed by atoms with E-state index in [-0.39, 0.29) is 0 Å². The molecule has 0 saturated carbocycles. The van der Waals surface area contributed by atoms with E-state index >= 15 is 0 Å². The normalized spacial score (nSPS) is 14.5. The van der Waals surface area contributed by atoms with Gasteiger partial charge in [-0.2, -0.15) is 0 Å². The van der Waals surface area contributed by atoms with Crippen LogP contribution in [0.2, 0.25) is 6.55 Å². The van der Waals surface area contributed by atoms with Crippen LogP contribution in [-0.4, -0.2) is 8.07 Å². The Hall–Kier alpha value is -5.50. The fraction of sp³-hybridized carbons (Fsp3) is 0.0222. The first-order valence-electron chi connectivity index (χ1n) is 16.0. The molecule has 0 spiro atoms. The largest absolute Gasteiger partial charge is 0.141 e.